The number of rotatable bonds is 6. The number of ether oxygens (including phenoxy) is 1. The second-order valence-electron chi connectivity index (χ2n) is 6.05. The van der Waals surface area contributed by atoms with E-state index in [-0.39, 0.29) is 11.2 Å². The molecule has 3 nitrogen and oxygen atoms in total. The van der Waals surface area contributed by atoms with Gasteiger partial charge in [0.25, 0.3) is 0 Å². The number of carbonyl (C=O) groups excluding carboxylic acids is 1. The predicted molar refractivity (Wildman–Crippen MR) is 101 cm³/mol. The molecular formula is C20H25NO2S. The Hall–Kier alpha value is -1.94. The van der Waals surface area contributed by atoms with Gasteiger partial charge >= 0.3 is 0 Å². The largest absolute Gasteiger partial charge is 0.497 e. The molecule has 1 N–H and O–H groups in total. The number of hydrogen-bond donors (Lipinski definition) is 1. The standard InChI is InChI=1S/C20H25NO2S/c1-13-10-14(2)19(15(3)11-13)24-16(4)20(22)21-12-17-6-8-18(23-5)9-7-17/h6-11,16H,12H2,1-5H3,(H,21,22)/t16-/m0/s1. The number of benzene rings is 2. The van der Waals surface area contributed by atoms with Crippen LogP contribution >= 0.6 is 11.8 Å². The van der Waals surface area contributed by atoms with Gasteiger partial charge in [-0.2, -0.15) is 0 Å². The van der Waals surface area contributed by atoms with E-state index in [1.807, 2.05) is 31.2 Å². The first-order valence-corrected chi connectivity index (χ1v) is 8.94. The molecule has 4 heteroatoms. The highest BCUT2D eigenvalue weighted by atomic mass is 32.2. The van der Waals surface area contributed by atoms with Crippen LogP contribution in [0.2, 0.25) is 0 Å². The van der Waals surface area contributed by atoms with Crippen LogP contribution < -0.4 is 10.1 Å². The Morgan fingerprint density at radius 2 is 1.71 bits per heavy atom. The molecule has 24 heavy (non-hydrogen) atoms. The number of thioether (sulfide) groups is 1. The van der Waals surface area contributed by atoms with Crippen molar-refractivity contribution in [2.45, 2.75) is 44.4 Å². The lowest BCUT2D eigenvalue weighted by atomic mass is 10.1. The summed E-state index contributed by atoms with van der Waals surface area (Å²) in [5.74, 6) is 0.870. The molecule has 1 atom stereocenters. The highest BCUT2D eigenvalue weighted by molar-refractivity contribution is 8.00. The summed E-state index contributed by atoms with van der Waals surface area (Å²) in [7, 11) is 1.64. The van der Waals surface area contributed by atoms with Gasteiger partial charge in [-0.3, -0.25) is 4.79 Å². The van der Waals surface area contributed by atoms with E-state index in [2.05, 4.69) is 38.2 Å². The Labute approximate surface area is 148 Å². The van der Waals surface area contributed by atoms with E-state index >= 15 is 0 Å². The van der Waals surface area contributed by atoms with Crippen LogP contribution in [0, 0.1) is 20.8 Å². The molecular weight excluding hydrogens is 318 g/mol. The van der Waals surface area contributed by atoms with Gasteiger partial charge in [0.15, 0.2) is 0 Å². The quantitative estimate of drug-likeness (QED) is 0.789. The Bertz CT molecular complexity index is 687. The van der Waals surface area contributed by atoms with Crippen LogP contribution in [-0.2, 0) is 11.3 Å². The molecule has 0 radical (unpaired) electrons. The maximum atomic E-state index is 12.4. The summed E-state index contributed by atoms with van der Waals surface area (Å²) in [5.41, 5.74) is 4.77. The monoisotopic (exact) mass is 343 g/mol. The number of carbonyl (C=O) groups is 1. The Morgan fingerprint density at radius 1 is 1.12 bits per heavy atom. The first-order chi connectivity index (χ1) is 11.4. The van der Waals surface area contributed by atoms with Crippen molar-refractivity contribution in [2.24, 2.45) is 0 Å². The van der Waals surface area contributed by atoms with Crippen LogP contribution in [-0.4, -0.2) is 18.3 Å². The third-order valence-corrected chi connectivity index (χ3v) is 5.34. The molecule has 0 heterocycles. The van der Waals surface area contributed by atoms with Gasteiger partial charge in [-0.25, -0.2) is 0 Å². The van der Waals surface area contributed by atoms with Gasteiger partial charge < -0.3 is 10.1 Å². The van der Waals surface area contributed by atoms with Crippen LogP contribution in [0.25, 0.3) is 0 Å². The normalized spacial score (nSPS) is 11.9. The van der Waals surface area contributed by atoms with E-state index in [9.17, 15) is 4.79 Å². The summed E-state index contributed by atoms with van der Waals surface area (Å²) >= 11 is 1.62. The van der Waals surface area contributed by atoms with Crippen LogP contribution in [0.3, 0.4) is 0 Å². The topological polar surface area (TPSA) is 38.3 Å². The summed E-state index contributed by atoms with van der Waals surface area (Å²) < 4.78 is 5.14. The van der Waals surface area contributed by atoms with Gasteiger partial charge in [0.1, 0.15) is 5.75 Å². The summed E-state index contributed by atoms with van der Waals surface area (Å²) in [6, 6.07) is 12.1. The summed E-state index contributed by atoms with van der Waals surface area (Å²) in [5, 5.41) is 2.87. The Morgan fingerprint density at radius 3 is 2.25 bits per heavy atom. The van der Waals surface area contributed by atoms with Crippen molar-refractivity contribution in [1.29, 1.82) is 0 Å². The minimum absolute atomic E-state index is 0.0511. The average molecular weight is 343 g/mol. The van der Waals surface area contributed by atoms with Crippen LogP contribution in [0.1, 0.15) is 29.2 Å². The van der Waals surface area contributed by atoms with E-state index in [0.29, 0.717) is 6.54 Å². The minimum atomic E-state index is -0.136. The predicted octanol–water partition coefficient (Wildman–Crippen LogP) is 4.42. The van der Waals surface area contributed by atoms with Gasteiger partial charge in [0.05, 0.1) is 12.4 Å². The maximum absolute atomic E-state index is 12.4. The molecule has 128 valence electrons. The minimum Gasteiger partial charge on any atom is -0.497 e. The summed E-state index contributed by atoms with van der Waals surface area (Å²) in [6.45, 7) is 8.78. The zero-order valence-corrected chi connectivity index (χ0v) is 15.8. The van der Waals surface area contributed by atoms with E-state index in [0.717, 1.165) is 11.3 Å². The third-order valence-electron chi connectivity index (χ3n) is 3.89. The zero-order valence-electron chi connectivity index (χ0n) is 15.0. The molecule has 0 aliphatic rings. The van der Waals surface area contributed by atoms with Crippen molar-refractivity contribution in [3.63, 3.8) is 0 Å². The Kier molecular flexibility index (Phi) is 6.32. The van der Waals surface area contributed by atoms with E-state index < -0.39 is 0 Å². The summed E-state index contributed by atoms with van der Waals surface area (Å²) in [6.07, 6.45) is 0. The highest BCUT2D eigenvalue weighted by Crippen LogP contribution is 2.30. The van der Waals surface area contributed by atoms with Gasteiger partial charge in [0.2, 0.25) is 5.91 Å². The smallest absolute Gasteiger partial charge is 0.233 e. The van der Waals surface area contributed by atoms with E-state index in [1.165, 1.54) is 21.6 Å². The first kappa shape index (κ1) is 18.4. The van der Waals surface area contributed by atoms with E-state index in [1.54, 1.807) is 18.9 Å². The fourth-order valence-corrected chi connectivity index (χ4v) is 3.69. The van der Waals surface area contributed by atoms with Crippen molar-refractivity contribution >= 4 is 17.7 Å². The Balaban J connectivity index is 1.94. The van der Waals surface area contributed by atoms with Crippen molar-refractivity contribution in [1.82, 2.24) is 5.32 Å². The fourth-order valence-electron chi connectivity index (χ4n) is 2.66. The van der Waals surface area contributed by atoms with Crippen molar-refractivity contribution < 1.29 is 9.53 Å². The number of aryl methyl sites for hydroxylation is 3. The van der Waals surface area contributed by atoms with Crippen molar-refractivity contribution in [2.75, 3.05) is 7.11 Å². The van der Waals surface area contributed by atoms with Crippen molar-refractivity contribution in [3.05, 3.63) is 58.7 Å². The summed E-state index contributed by atoms with van der Waals surface area (Å²) in [4.78, 5) is 13.6. The number of amides is 1. The lowest BCUT2D eigenvalue weighted by Gasteiger charge is -2.16. The van der Waals surface area contributed by atoms with Crippen molar-refractivity contribution in [3.8, 4) is 5.75 Å². The fraction of sp³-hybridized carbons (Fsp3) is 0.350. The average Bonchev–Trinajstić information content (AvgIpc) is 2.56. The van der Waals surface area contributed by atoms with Crippen LogP contribution in [0.15, 0.2) is 41.3 Å². The van der Waals surface area contributed by atoms with Crippen LogP contribution in [0.4, 0.5) is 0 Å². The van der Waals surface area contributed by atoms with Gasteiger partial charge in [-0.15, -0.1) is 11.8 Å². The molecule has 0 aliphatic heterocycles. The SMILES string of the molecule is COc1ccc(CNC(=O)[C@H](C)Sc2c(C)cc(C)cc2C)cc1. The number of nitrogens with one attached hydrogen (secondary N) is 1. The number of hydrogen-bond acceptors (Lipinski definition) is 3. The van der Waals surface area contributed by atoms with Crippen LogP contribution in [0.5, 0.6) is 5.75 Å². The third kappa shape index (κ3) is 4.78. The molecule has 2 rings (SSSR count). The molecule has 2 aromatic rings. The van der Waals surface area contributed by atoms with Gasteiger partial charge in [-0.05, 0) is 56.5 Å². The molecule has 0 spiro atoms. The first-order valence-electron chi connectivity index (χ1n) is 8.06. The molecule has 1 amide bonds. The second-order valence-corrected chi connectivity index (χ2v) is 7.40. The number of methoxy groups -OCH3 is 1. The molecule has 0 saturated carbocycles. The van der Waals surface area contributed by atoms with Gasteiger partial charge in [0, 0.05) is 11.4 Å². The lowest BCUT2D eigenvalue weighted by Crippen LogP contribution is -2.30. The molecule has 0 saturated heterocycles. The second kappa shape index (κ2) is 8.25. The molecule has 2 aromatic carbocycles. The highest BCUT2D eigenvalue weighted by Gasteiger charge is 2.16. The molecule has 0 aliphatic carbocycles. The molecule has 0 fully saturated rings. The van der Waals surface area contributed by atoms with E-state index in [4.69, 9.17) is 4.74 Å². The lowest BCUT2D eigenvalue weighted by molar-refractivity contribution is -0.120. The molecule has 0 unspecified atom stereocenters. The van der Waals surface area contributed by atoms with Gasteiger partial charge in [-0.1, -0.05) is 29.8 Å². The molecule has 0 aromatic heterocycles. The molecule has 0 bridgehead atoms. The zero-order chi connectivity index (χ0) is 17.7. The maximum Gasteiger partial charge on any atom is 0.233 e.